The molecule has 0 amide bonds. The van der Waals surface area contributed by atoms with Crippen LogP contribution in [0.15, 0.2) is 59.1 Å². The summed E-state index contributed by atoms with van der Waals surface area (Å²) in [5, 5.41) is 3.88. The van der Waals surface area contributed by atoms with E-state index in [-0.39, 0.29) is 23.9 Å². The van der Waals surface area contributed by atoms with Crippen LogP contribution in [0.5, 0.6) is 11.5 Å². The summed E-state index contributed by atoms with van der Waals surface area (Å²) in [6.45, 7) is 2.04. The van der Waals surface area contributed by atoms with Crippen molar-refractivity contribution < 1.29 is 36.7 Å². The lowest BCUT2D eigenvalue weighted by Gasteiger charge is -2.20. The second-order valence-corrected chi connectivity index (χ2v) is 9.90. The number of nitrogens with zero attached hydrogens (tertiary/aromatic N) is 2. The normalized spacial score (nSPS) is 17.7. The Labute approximate surface area is 227 Å². The lowest BCUT2D eigenvalue weighted by Crippen LogP contribution is -2.10. The first kappa shape index (κ1) is 25.9. The lowest BCUT2D eigenvalue weighted by atomic mass is 9.91. The zero-order chi connectivity index (χ0) is 28.0. The molecule has 1 aliphatic carbocycles. The number of esters is 1. The quantitative estimate of drug-likeness (QED) is 0.243. The highest BCUT2D eigenvalue weighted by Crippen LogP contribution is 2.47. The van der Waals surface area contributed by atoms with Crippen molar-refractivity contribution in [3.05, 3.63) is 82.7 Å². The van der Waals surface area contributed by atoms with Crippen LogP contribution in [0.3, 0.4) is 0 Å². The third kappa shape index (κ3) is 4.78. The van der Waals surface area contributed by atoms with Crippen molar-refractivity contribution in [3.63, 3.8) is 0 Å². The molecular weight excluding hydrogens is 525 g/mol. The van der Waals surface area contributed by atoms with E-state index in [0.29, 0.717) is 59.4 Å². The highest BCUT2D eigenvalue weighted by atomic mass is 19.4. The van der Waals surface area contributed by atoms with Crippen LogP contribution in [0.4, 0.5) is 13.2 Å². The molecule has 0 N–H and O–H groups in total. The van der Waals surface area contributed by atoms with Crippen LogP contribution < -0.4 is 9.47 Å². The number of methoxy groups -OCH3 is 1. The number of rotatable bonds is 6. The molecule has 4 aromatic rings. The molecule has 0 spiro atoms. The summed E-state index contributed by atoms with van der Waals surface area (Å²) in [5.74, 6) is 1.56. The summed E-state index contributed by atoms with van der Waals surface area (Å²) in [5.41, 5.74) is 2.84. The Morgan fingerprint density at radius 1 is 1.05 bits per heavy atom. The predicted octanol–water partition coefficient (Wildman–Crippen LogP) is 6.84. The van der Waals surface area contributed by atoms with Crippen molar-refractivity contribution in [1.29, 1.82) is 0 Å². The maximum absolute atomic E-state index is 14.1. The van der Waals surface area contributed by atoms with Crippen LogP contribution >= 0.6 is 0 Å². The smallest absolute Gasteiger partial charge is 0.417 e. The van der Waals surface area contributed by atoms with Gasteiger partial charge in [0.2, 0.25) is 11.7 Å². The third-order valence-corrected chi connectivity index (χ3v) is 7.40. The molecule has 1 aromatic heterocycles. The highest BCUT2D eigenvalue weighted by molar-refractivity contribution is 5.76. The molecule has 7 nitrogen and oxygen atoms in total. The third-order valence-electron chi connectivity index (χ3n) is 7.40. The monoisotopic (exact) mass is 550 g/mol. The highest BCUT2D eigenvalue weighted by Gasteiger charge is 2.38. The van der Waals surface area contributed by atoms with E-state index in [1.165, 1.54) is 13.2 Å². The van der Waals surface area contributed by atoms with Gasteiger partial charge in [0.25, 0.3) is 0 Å². The standard InChI is InChI=1S/C30H25F3N2O5/c1-16-34-29(35-40-16)18-5-3-17(4-6-18)28-23-10-12-25(22(23)9-11-24(28)30(31,32)33)39-20-7-8-21-19(13-27(36)37-2)15-38-26(21)14-20/h3-9,11,14,19,25H,10,12-13,15H2,1-2H3/t19?,25-/m1/s1. The minimum Gasteiger partial charge on any atom is -0.492 e. The largest absolute Gasteiger partial charge is 0.492 e. The summed E-state index contributed by atoms with van der Waals surface area (Å²) in [7, 11) is 1.35. The predicted molar refractivity (Wildman–Crippen MR) is 138 cm³/mol. The Hall–Kier alpha value is -4.34. The van der Waals surface area contributed by atoms with Gasteiger partial charge in [-0.15, -0.1) is 0 Å². The van der Waals surface area contributed by atoms with Gasteiger partial charge in [-0.3, -0.25) is 4.79 Å². The number of hydrogen-bond donors (Lipinski definition) is 0. The van der Waals surface area contributed by atoms with E-state index < -0.39 is 17.8 Å². The van der Waals surface area contributed by atoms with E-state index in [4.69, 9.17) is 18.7 Å². The first-order valence-electron chi connectivity index (χ1n) is 12.9. The fourth-order valence-electron chi connectivity index (χ4n) is 5.50. The summed E-state index contributed by atoms with van der Waals surface area (Å²) in [6, 6.07) is 14.8. The van der Waals surface area contributed by atoms with Gasteiger partial charge in [-0.05, 0) is 47.2 Å². The molecule has 0 saturated heterocycles. The summed E-state index contributed by atoms with van der Waals surface area (Å²) in [4.78, 5) is 15.9. The molecule has 1 unspecified atom stereocenters. The van der Waals surface area contributed by atoms with Crippen LogP contribution in [0, 0.1) is 6.92 Å². The summed E-state index contributed by atoms with van der Waals surface area (Å²) in [6.07, 6.45) is -3.74. The van der Waals surface area contributed by atoms with Crippen LogP contribution in [0.1, 0.15) is 53.0 Å². The number of fused-ring (bicyclic) bond motifs is 2. The molecule has 2 aliphatic rings. The van der Waals surface area contributed by atoms with Gasteiger partial charge in [-0.1, -0.05) is 41.6 Å². The van der Waals surface area contributed by atoms with Crippen molar-refractivity contribution in [1.82, 2.24) is 10.1 Å². The molecule has 2 heterocycles. The van der Waals surface area contributed by atoms with Crippen LogP contribution in [-0.2, 0) is 22.1 Å². The van der Waals surface area contributed by atoms with E-state index in [1.807, 2.05) is 6.07 Å². The van der Waals surface area contributed by atoms with Gasteiger partial charge in [0.05, 0.1) is 25.7 Å². The Kier molecular flexibility index (Phi) is 6.48. The van der Waals surface area contributed by atoms with Gasteiger partial charge >= 0.3 is 12.1 Å². The van der Waals surface area contributed by atoms with Crippen LogP contribution in [0.25, 0.3) is 22.5 Å². The maximum atomic E-state index is 14.1. The Morgan fingerprint density at radius 3 is 2.50 bits per heavy atom. The number of aromatic nitrogens is 2. The fourth-order valence-corrected chi connectivity index (χ4v) is 5.50. The number of benzene rings is 3. The van der Waals surface area contributed by atoms with E-state index in [0.717, 1.165) is 17.2 Å². The second kappa shape index (κ2) is 10.0. The van der Waals surface area contributed by atoms with E-state index in [2.05, 4.69) is 10.1 Å². The van der Waals surface area contributed by atoms with E-state index >= 15 is 0 Å². The van der Waals surface area contributed by atoms with Crippen molar-refractivity contribution in [2.24, 2.45) is 0 Å². The molecule has 3 aromatic carbocycles. The van der Waals surface area contributed by atoms with Gasteiger partial charge in [0.15, 0.2) is 0 Å². The lowest BCUT2D eigenvalue weighted by molar-refractivity contribution is -0.141. The minimum absolute atomic E-state index is 0.0949. The number of ether oxygens (including phenoxy) is 3. The number of alkyl halides is 3. The fraction of sp³-hybridized carbons (Fsp3) is 0.300. The summed E-state index contributed by atoms with van der Waals surface area (Å²) < 4.78 is 64.3. The molecule has 6 rings (SSSR count). The maximum Gasteiger partial charge on any atom is 0.417 e. The minimum atomic E-state index is -4.52. The van der Waals surface area contributed by atoms with Crippen molar-refractivity contribution in [2.45, 2.75) is 44.4 Å². The molecule has 0 bridgehead atoms. The van der Waals surface area contributed by atoms with E-state index in [1.54, 1.807) is 43.3 Å². The molecule has 1 aliphatic heterocycles. The van der Waals surface area contributed by atoms with Gasteiger partial charge < -0.3 is 18.7 Å². The van der Waals surface area contributed by atoms with Gasteiger partial charge in [0, 0.05) is 30.0 Å². The van der Waals surface area contributed by atoms with Gasteiger partial charge in [0.1, 0.15) is 17.6 Å². The van der Waals surface area contributed by atoms with Crippen molar-refractivity contribution in [3.8, 4) is 34.0 Å². The molecule has 2 atom stereocenters. The van der Waals surface area contributed by atoms with E-state index in [9.17, 15) is 18.0 Å². The molecule has 40 heavy (non-hydrogen) atoms. The molecule has 206 valence electrons. The average Bonchev–Trinajstić information content (AvgIpc) is 3.66. The number of hydrogen-bond acceptors (Lipinski definition) is 7. The Bertz CT molecular complexity index is 1580. The molecule has 10 heteroatoms. The van der Waals surface area contributed by atoms with Crippen LogP contribution in [0.2, 0.25) is 0 Å². The zero-order valence-corrected chi connectivity index (χ0v) is 21.7. The second-order valence-electron chi connectivity index (χ2n) is 9.90. The molecule has 0 fully saturated rings. The number of halogens is 3. The topological polar surface area (TPSA) is 83.7 Å². The molecular formula is C30H25F3N2O5. The van der Waals surface area contributed by atoms with Crippen molar-refractivity contribution in [2.75, 3.05) is 13.7 Å². The van der Waals surface area contributed by atoms with Crippen LogP contribution in [-0.4, -0.2) is 29.8 Å². The number of aryl methyl sites for hydroxylation is 1. The zero-order valence-electron chi connectivity index (χ0n) is 21.7. The van der Waals surface area contributed by atoms with Gasteiger partial charge in [-0.2, -0.15) is 18.2 Å². The first-order chi connectivity index (χ1) is 19.2. The first-order valence-corrected chi connectivity index (χ1v) is 12.9. The SMILES string of the molecule is COC(=O)CC1COc2cc(O[C@@H]3CCc4c3ccc(C(F)(F)F)c4-c3ccc(-c4noc(C)n4)cc3)ccc21. The van der Waals surface area contributed by atoms with Crippen molar-refractivity contribution >= 4 is 5.97 Å². The summed E-state index contributed by atoms with van der Waals surface area (Å²) >= 11 is 0. The average molecular weight is 551 g/mol. The number of carbonyl (C=O) groups excluding carboxylic acids is 1. The molecule has 0 radical (unpaired) electrons. The Balaban J connectivity index is 1.30. The number of carbonyl (C=O) groups is 1. The van der Waals surface area contributed by atoms with Gasteiger partial charge in [-0.25, -0.2) is 0 Å². The Morgan fingerprint density at radius 2 is 1.80 bits per heavy atom. The molecule has 0 saturated carbocycles.